The van der Waals surface area contributed by atoms with Crippen LogP contribution in [0.3, 0.4) is 0 Å². The molecule has 2 heterocycles. The van der Waals surface area contributed by atoms with Gasteiger partial charge in [0, 0.05) is 12.1 Å². The molecule has 4 rings (SSSR count). The van der Waals surface area contributed by atoms with Crippen molar-refractivity contribution < 1.29 is 9.53 Å². The van der Waals surface area contributed by atoms with Gasteiger partial charge < -0.3 is 9.64 Å². The summed E-state index contributed by atoms with van der Waals surface area (Å²) >= 11 is 0. The summed E-state index contributed by atoms with van der Waals surface area (Å²) in [5.41, 5.74) is 2.97. The second-order valence-electron chi connectivity index (χ2n) is 10.7. The topological polar surface area (TPSA) is 64.4 Å². The molecule has 34 heavy (non-hydrogen) atoms. The number of unbranched alkanes of at least 4 members (excludes halogenated alkanes) is 1. The van der Waals surface area contributed by atoms with Gasteiger partial charge in [-0.25, -0.2) is 9.78 Å². The smallest absolute Gasteiger partial charge is 0.410 e. The van der Waals surface area contributed by atoms with E-state index < -0.39 is 0 Å². The zero-order valence-electron chi connectivity index (χ0n) is 21.2. The molecule has 0 radical (unpaired) electrons. The Morgan fingerprint density at radius 3 is 2.59 bits per heavy atom. The first kappa shape index (κ1) is 24.5. The highest BCUT2D eigenvalue weighted by atomic mass is 16.6. The largest absolute Gasteiger partial charge is 0.446 e. The molecular weight excluding hydrogens is 426 g/mol. The van der Waals surface area contributed by atoms with Crippen molar-refractivity contribution in [3.05, 3.63) is 63.3 Å². The Balaban J connectivity index is 1.53. The predicted molar refractivity (Wildman–Crippen MR) is 134 cm³/mol. The van der Waals surface area contributed by atoms with Crippen LogP contribution in [0.4, 0.5) is 4.79 Å². The minimum Gasteiger partial charge on any atom is -0.446 e. The molecule has 1 aliphatic heterocycles. The maximum atomic E-state index is 13.7. The second-order valence-corrected chi connectivity index (χ2v) is 10.7. The van der Waals surface area contributed by atoms with Gasteiger partial charge in [-0.3, -0.25) is 9.36 Å². The van der Waals surface area contributed by atoms with Gasteiger partial charge in [-0.2, -0.15) is 0 Å². The fourth-order valence-corrected chi connectivity index (χ4v) is 5.37. The molecular formula is C28H39N3O3. The van der Waals surface area contributed by atoms with Crippen LogP contribution in [0.2, 0.25) is 0 Å². The number of rotatable bonds is 6. The van der Waals surface area contributed by atoms with E-state index in [4.69, 9.17) is 9.72 Å². The van der Waals surface area contributed by atoms with Crippen molar-refractivity contribution in [2.45, 2.75) is 97.8 Å². The van der Waals surface area contributed by atoms with Gasteiger partial charge in [-0.1, -0.05) is 63.9 Å². The quantitative estimate of drug-likeness (QED) is 0.541. The van der Waals surface area contributed by atoms with E-state index in [0.717, 1.165) is 56.1 Å². The molecule has 0 N–H and O–H groups in total. The van der Waals surface area contributed by atoms with Crippen LogP contribution >= 0.6 is 0 Å². The number of carbonyl (C=O) groups excluding carboxylic acids is 1. The summed E-state index contributed by atoms with van der Waals surface area (Å²) in [6.45, 7) is 9.47. The van der Waals surface area contributed by atoms with E-state index >= 15 is 0 Å². The zero-order chi connectivity index (χ0) is 24.3. The molecule has 184 valence electrons. The Labute approximate surface area is 203 Å². The highest BCUT2D eigenvalue weighted by Crippen LogP contribution is 2.36. The predicted octanol–water partition coefficient (Wildman–Crippen LogP) is 5.79. The van der Waals surface area contributed by atoms with Crippen molar-refractivity contribution in [2.24, 2.45) is 5.41 Å². The number of aromatic nitrogens is 2. The standard InChI is InChI=1S/C28H39N3O3/c1-5-6-12-25(21-10-8-7-9-11-21)31-20(2)29-24-19-30(18-15-23(24)26(31)32)27(33)34-22-13-16-28(3,4)17-14-22/h7-11,22,25H,5-6,12-19H2,1-4H3. The van der Waals surface area contributed by atoms with Gasteiger partial charge in [0.1, 0.15) is 11.9 Å². The molecule has 0 saturated heterocycles. The van der Waals surface area contributed by atoms with Crippen LogP contribution in [0.15, 0.2) is 35.1 Å². The Kier molecular flexibility index (Phi) is 7.44. The highest BCUT2D eigenvalue weighted by Gasteiger charge is 2.32. The fourth-order valence-electron chi connectivity index (χ4n) is 5.37. The number of hydrogen-bond acceptors (Lipinski definition) is 4. The number of fused-ring (bicyclic) bond motifs is 1. The van der Waals surface area contributed by atoms with Crippen LogP contribution < -0.4 is 5.56 Å². The number of aryl methyl sites for hydroxylation is 1. The van der Waals surface area contributed by atoms with Gasteiger partial charge in [0.05, 0.1) is 18.3 Å². The van der Waals surface area contributed by atoms with Gasteiger partial charge in [0.15, 0.2) is 0 Å². The molecule has 2 aliphatic rings. The van der Waals surface area contributed by atoms with Crippen molar-refractivity contribution in [3.63, 3.8) is 0 Å². The SMILES string of the molecule is CCCCC(c1ccccc1)n1c(C)nc2c(c1=O)CCN(C(=O)OC1CCC(C)(C)CC1)C2. The fraction of sp³-hybridized carbons (Fsp3) is 0.607. The van der Waals surface area contributed by atoms with E-state index in [2.05, 4.69) is 32.9 Å². The lowest BCUT2D eigenvalue weighted by molar-refractivity contribution is 0.0234. The molecule has 6 heteroatoms. The average molecular weight is 466 g/mol. The number of amides is 1. The molecule has 1 fully saturated rings. The van der Waals surface area contributed by atoms with E-state index in [0.29, 0.717) is 36.4 Å². The summed E-state index contributed by atoms with van der Waals surface area (Å²) < 4.78 is 7.72. The van der Waals surface area contributed by atoms with Crippen LogP contribution in [-0.2, 0) is 17.7 Å². The average Bonchev–Trinajstić information content (AvgIpc) is 2.82. The summed E-state index contributed by atoms with van der Waals surface area (Å²) in [4.78, 5) is 33.1. The van der Waals surface area contributed by atoms with Crippen molar-refractivity contribution in [1.82, 2.24) is 14.5 Å². The summed E-state index contributed by atoms with van der Waals surface area (Å²) in [6.07, 6.45) is 7.25. The van der Waals surface area contributed by atoms with Gasteiger partial charge in [0.25, 0.3) is 5.56 Å². The lowest BCUT2D eigenvalue weighted by atomic mass is 9.76. The summed E-state index contributed by atoms with van der Waals surface area (Å²) in [5.74, 6) is 0.707. The molecule has 1 aromatic heterocycles. The molecule has 1 unspecified atom stereocenters. The molecule has 1 atom stereocenters. The first-order valence-corrected chi connectivity index (χ1v) is 12.9. The summed E-state index contributed by atoms with van der Waals surface area (Å²) in [7, 11) is 0. The Hall–Kier alpha value is -2.63. The molecule has 2 aromatic rings. The van der Waals surface area contributed by atoms with Crippen LogP contribution in [0, 0.1) is 12.3 Å². The normalized spacial score (nSPS) is 18.9. The first-order valence-electron chi connectivity index (χ1n) is 12.9. The summed E-state index contributed by atoms with van der Waals surface area (Å²) in [5, 5.41) is 0. The van der Waals surface area contributed by atoms with Crippen LogP contribution in [0.25, 0.3) is 0 Å². The van der Waals surface area contributed by atoms with E-state index in [1.165, 1.54) is 0 Å². The third-order valence-corrected chi connectivity index (χ3v) is 7.58. The lowest BCUT2D eigenvalue weighted by Crippen LogP contribution is -2.43. The number of nitrogens with zero attached hydrogens (tertiary/aromatic N) is 3. The molecule has 1 aliphatic carbocycles. The van der Waals surface area contributed by atoms with Crippen LogP contribution in [0.5, 0.6) is 0 Å². The minimum atomic E-state index is -0.274. The molecule has 0 bridgehead atoms. The highest BCUT2D eigenvalue weighted by molar-refractivity contribution is 5.68. The summed E-state index contributed by atoms with van der Waals surface area (Å²) in [6, 6.07) is 10.2. The molecule has 1 aromatic carbocycles. The lowest BCUT2D eigenvalue weighted by Gasteiger charge is -2.35. The van der Waals surface area contributed by atoms with E-state index in [-0.39, 0.29) is 23.8 Å². The van der Waals surface area contributed by atoms with Crippen molar-refractivity contribution in [3.8, 4) is 0 Å². The Morgan fingerprint density at radius 2 is 1.91 bits per heavy atom. The van der Waals surface area contributed by atoms with E-state index in [1.807, 2.05) is 29.7 Å². The monoisotopic (exact) mass is 465 g/mol. The van der Waals surface area contributed by atoms with Gasteiger partial charge >= 0.3 is 6.09 Å². The van der Waals surface area contributed by atoms with Crippen LogP contribution in [-0.4, -0.2) is 33.2 Å². The van der Waals surface area contributed by atoms with Gasteiger partial charge in [0.2, 0.25) is 0 Å². The maximum absolute atomic E-state index is 13.7. The number of ether oxygens (including phenoxy) is 1. The number of hydrogen-bond donors (Lipinski definition) is 0. The first-order chi connectivity index (χ1) is 16.3. The van der Waals surface area contributed by atoms with Crippen molar-refractivity contribution >= 4 is 6.09 Å². The van der Waals surface area contributed by atoms with Crippen molar-refractivity contribution in [1.29, 1.82) is 0 Å². The minimum absolute atomic E-state index is 0.00480. The molecule has 6 nitrogen and oxygen atoms in total. The molecule has 0 spiro atoms. The number of benzene rings is 1. The Bertz CT molecular complexity index is 1050. The van der Waals surface area contributed by atoms with E-state index in [9.17, 15) is 9.59 Å². The van der Waals surface area contributed by atoms with Crippen molar-refractivity contribution in [2.75, 3.05) is 6.54 Å². The third-order valence-electron chi connectivity index (χ3n) is 7.58. The molecule has 1 amide bonds. The number of carbonyl (C=O) groups is 1. The van der Waals surface area contributed by atoms with E-state index in [1.54, 1.807) is 4.90 Å². The Morgan fingerprint density at radius 1 is 1.21 bits per heavy atom. The zero-order valence-corrected chi connectivity index (χ0v) is 21.2. The molecule has 1 saturated carbocycles. The second kappa shape index (κ2) is 10.3. The maximum Gasteiger partial charge on any atom is 0.410 e. The van der Waals surface area contributed by atoms with Crippen LogP contribution in [0.1, 0.15) is 94.4 Å². The van der Waals surface area contributed by atoms with Gasteiger partial charge in [-0.15, -0.1) is 0 Å². The third kappa shape index (κ3) is 5.37. The van der Waals surface area contributed by atoms with Gasteiger partial charge in [-0.05, 0) is 56.4 Å².